The normalized spacial score (nSPS) is 10.6. The van der Waals surface area contributed by atoms with Crippen LogP contribution in [0.2, 0.25) is 0 Å². The third-order valence-electron chi connectivity index (χ3n) is 1.99. The van der Waals surface area contributed by atoms with E-state index in [1.54, 1.807) is 0 Å². The first-order chi connectivity index (χ1) is 6.70. The van der Waals surface area contributed by atoms with Gasteiger partial charge in [0.2, 0.25) is 0 Å². The summed E-state index contributed by atoms with van der Waals surface area (Å²) in [6, 6.07) is 2.98. The molecule has 0 aliphatic rings. The molecule has 0 unspecified atom stereocenters. The number of aliphatic hydroxyl groups is 1. The molecule has 0 aliphatic carbocycles. The quantitative estimate of drug-likeness (QED) is 0.774. The maximum Gasteiger partial charge on any atom is 0.163 e. The van der Waals surface area contributed by atoms with Crippen LogP contribution in [0.4, 0.5) is 8.78 Å². The Hall–Kier alpha value is -0.670. The standard InChI is InChI=1S/C10H11ClF2O/c11-6-8-4-3-7(2-1-5-14)9(12)10(8)13/h3-4,14H,1-2,5-6H2. The van der Waals surface area contributed by atoms with Gasteiger partial charge in [-0.1, -0.05) is 12.1 Å². The van der Waals surface area contributed by atoms with E-state index in [2.05, 4.69) is 0 Å². The Morgan fingerprint density at radius 2 is 1.71 bits per heavy atom. The zero-order valence-corrected chi connectivity index (χ0v) is 8.32. The molecule has 1 aromatic rings. The molecule has 14 heavy (non-hydrogen) atoms. The molecular formula is C10H11ClF2O. The average Bonchev–Trinajstić information content (AvgIpc) is 2.20. The van der Waals surface area contributed by atoms with Crippen molar-refractivity contribution in [2.45, 2.75) is 18.7 Å². The fraction of sp³-hybridized carbons (Fsp3) is 0.400. The number of hydrogen-bond donors (Lipinski definition) is 1. The summed E-state index contributed by atoms with van der Waals surface area (Å²) in [4.78, 5) is 0. The summed E-state index contributed by atoms with van der Waals surface area (Å²) in [6.45, 7) is -0.0294. The summed E-state index contributed by atoms with van der Waals surface area (Å²) >= 11 is 5.41. The van der Waals surface area contributed by atoms with E-state index in [1.807, 2.05) is 0 Å². The van der Waals surface area contributed by atoms with Crippen molar-refractivity contribution in [3.8, 4) is 0 Å². The van der Waals surface area contributed by atoms with E-state index in [0.717, 1.165) is 0 Å². The zero-order chi connectivity index (χ0) is 10.6. The lowest BCUT2D eigenvalue weighted by Gasteiger charge is -2.05. The summed E-state index contributed by atoms with van der Waals surface area (Å²) in [5.74, 6) is -1.77. The van der Waals surface area contributed by atoms with Crippen LogP contribution in [0.5, 0.6) is 0 Å². The lowest BCUT2D eigenvalue weighted by molar-refractivity contribution is 0.287. The molecule has 0 spiro atoms. The van der Waals surface area contributed by atoms with Crippen molar-refractivity contribution in [1.82, 2.24) is 0 Å². The molecule has 0 saturated carbocycles. The maximum atomic E-state index is 13.3. The Bertz CT molecular complexity index is 315. The SMILES string of the molecule is OCCCc1ccc(CCl)c(F)c1F. The zero-order valence-electron chi connectivity index (χ0n) is 7.56. The largest absolute Gasteiger partial charge is 0.396 e. The third-order valence-corrected chi connectivity index (χ3v) is 2.28. The molecule has 1 N–H and O–H groups in total. The molecule has 0 saturated heterocycles. The monoisotopic (exact) mass is 220 g/mol. The van der Waals surface area contributed by atoms with Gasteiger partial charge in [0.15, 0.2) is 11.6 Å². The molecule has 0 atom stereocenters. The smallest absolute Gasteiger partial charge is 0.163 e. The van der Waals surface area contributed by atoms with E-state index in [9.17, 15) is 8.78 Å². The van der Waals surface area contributed by atoms with Crippen LogP contribution < -0.4 is 0 Å². The van der Waals surface area contributed by atoms with Gasteiger partial charge in [0.05, 0.1) is 5.88 Å². The van der Waals surface area contributed by atoms with Crippen molar-refractivity contribution in [2.75, 3.05) is 6.61 Å². The number of benzene rings is 1. The van der Waals surface area contributed by atoms with Crippen molar-refractivity contribution >= 4 is 11.6 Å². The molecule has 0 aliphatic heterocycles. The Balaban J connectivity index is 2.92. The highest BCUT2D eigenvalue weighted by Crippen LogP contribution is 2.18. The molecular weight excluding hydrogens is 210 g/mol. The van der Waals surface area contributed by atoms with E-state index in [0.29, 0.717) is 12.8 Å². The fourth-order valence-electron chi connectivity index (χ4n) is 1.20. The summed E-state index contributed by atoms with van der Waals surface area (Å²) in [7, 11) is 0. The maximum absolute atomic E-state index is 13.3. The van der Waals surface area contributed by atoms with Gasteiger partial charge in [-0.25, -0.2) is 8.78 Å². The van der Waals surface area contributed by atoms with Gasteiger partial charge in [-0.15, -0.1) is 11.6 Å². The second-order valence-corrected chi connectivity index (χ2v) is 3.24. The molecule has 1 aromatic carbocycles. The lowest BCUT2D eigenvalue weighted by atomic mass is 10.1. The minimum Gasteiger partial charge on any atom is -0.396 e. The van der Waals surface area contributed by atoms with Crippen molar-refractivity contribution in [2.24, 2.45) is 0 Å². The van der Waals surface area contributed by atoms with Gasteiger partial charge in [-0.3, -0.25) is 0 Å². The van der Waals surface area contributed by atoms with Gasteiger partial charge >= 0.3 is 0 Å². The van der Waals surface area contributed by atoms with E-state index in [4.69, 9.17) is 16.7 Å². The molecule has 0 aromatic heterocycles. The number of aryl methyl sites for hydroxylation is 1. The Morgan fingerprint density at radius 1 is 1.14 bits per heavy atom. The Labute approximate surface area is 86.3 Å². The fourth-order valence-corrected chi connectivity index (χ4v) is 1.40. The molecule has 4 heteroatoms. The van der Waals surface area contributed by atoms with Crippen LogP contribution in [0, 0.1) is 11.6 Å². The first kappa shape index (κ1) is 11.4. The Morgan fingerprint density at radius 3 is 2.29 bits per heavy atom. The highest BCUT2D eigenvalue weighted by Gasteiger charge is 2.11. The van der Waals surface area contributed by atoms with E-state index in [-0.39, 0.29) is 23.6 Å². The van der Waals surface area contributed by atoms with E-state index < -0.39 is 11.6 Å². The molecule has 1 rings (SSSR count). The third kappa shape index (κ3) is 2.42. The molecule has 1 nitrogen and oxygen atoms in total. The minimum absolute atomic E-state index is 0.0294. The van der Waals surface area contributed by atoms with Crippen LogP contribution in [0.1, 0.15) is 17.5 Å². The molecule has 0 amide bonds. The summed E-state index contributed by atoms with van der Waals surface area (Å²) < 4.78 is 26.4. The first-order valence-corrected chi connectivity index (χ1v) is 4.86. The highest BCUT2D eigenvalue weighted by molar-refractivity contribution is 6.17. The first-order valence-electron chi connectivity index (χ1n) is 4.33. The number of alkyl halides is 1. The molecule has 0 heterocycles. The summed E-state index contributed by atoms with van der Waals surface area (Å²) in [6.07, 6.45) is 0.762. The van der Waals surface area contributed by atoms with Gasteiger partial charge in [-0.2, -0.15) is 0 Å². The van der Waals surface area contributed by atoms with E-state index in [1.165, 1.54) is 12.1 Å². The Kier molecular flexibility index (Phi) is 4.29. The number of aliphatic hydroxyl groups excluding tert-OH is 1. The average molecular weight is 221 g/mol. The number of rotatable bonds is 4. The van der Waals surface area contributed by atoms with Gasteiger partial charge in [0.25, 0.3) is 0 Å². The van der Waals surface area contributed by atoms with Crippen LogP contribution in [0.3, 0.4) is 0 Å². The van der Waals surface area contributed by atoms with Gasteiger partial charge in [0, 0.05) is 12.2 Å². The number of halogens is 3. The predicted octanol–water partition coefficient (Wildman–Crippen LogP) is 2.63. The second-order valence-electron chi connectivity index (χ2n) is 2.97. The molecule has 78 valence electrons. The van der Waals surface area contributed by atoms with Crippen molar-refractivity contribution in [3.05, 3.63) is 34.9 Å². The lowest BCUT2D eigenvalue weighted by Crippen LogP contribution is -1.99. The second kappa shape index (κ2) is 5.27. The summed E-state index contributed by atoms with van der Waals surface area (Å²) in [5.41, 5.74) is 0.447. The van der Waals surface area contributed by atoms with Gasteiger partial charge < -0.3 is 5.11 Å². The van der Waals surface area contributed by atoms with Crippen molar-refractivity contribution in [3.63, 3.8) is 0 Å². The summed E-state index contributed by atoms with van der Waals surface area (Å²) in [5, 5.41) is 8.55. The van der Waals surface area contributed by atoms with Crippen molar-refractivity contribution < 1.29 is 13.9 Å². The van der Waals surface area contributed by atoms with Crippen LogP contribution in [-0.4, -0.2) is 11.7 Å². The minimum atomic E-state index is -0.879. The van der Waals surface area contributed by atoms with E-state index >= 15 is 0 Å². The number of hydrogen-bond acceptors (Lipinski definition) is 1. The van der Waals surface area contributed by atoms with Crippen molar-refractivity contribution in [1.29, 1.82) is 0 Å². The van der Waals surface area contributed by atoms with Crippen LogP contribution in [0.25, 0.3) is 0 Å². The molecule has 0 radical (unpaired) electrons. The molecule has 0 bridgehead atoms. The van der Waals surface area contributed by atoms with Crippen LogP contribution >= 0.6 is 11.6 Å². The van der Waals surface area contributed by atoms with Crippen LogP contribution in [-0.2, 0) is 12.3 Å². The van der Waals surface area contributed by atoms with Crippen LogP contribution in [0.15, 0.2) is 12.1 Å². The predicted molar refractivity (Wildman–Crippen MR) is 51.3 cm³/mol. The van der Waals surface area contributed by atoms with Gasteiger partial charge in [0.1, 0.15) is 0 Å². The molecule has 0 fully saturated rings. The highest BCUT2D eigenvalue weighted by atomic mass is 35.5. The van der Waals surface area contributed by atoms with Gasteiger partial charge in [-0.05, 0) is 18.4 Å². The topological polar surface area (TPSA) is 20.2 Å².